The van der Waals surface area contributed by atoms with Crippen LogP contribution in [0.15, 0.2) is 47.4 Å². The summed E-state index contributed by atoms with van der Waals surface area (Å²) >= 11 is 0. The Morgan fingerprint density at radius 1 is 1.05 bits per heavy atom. The first kappa shape index (κ1) is 31.1. The Labute approximate surface area is 233 Å². The predicted molar refractivity (Wildman–Crippen MR) is 136 cm³/mol. The van der Waals surface area contributed by atoms with Crippen molar-refractivity contribution in [3.05, 3.63) is 59.2 Å². The zero-order valence-corrected chi connectivity index (χ0v) is 22.9. The lowest BCUT2D eigenvalue weighted by atomic mass is 9.98. The highest BCUT2D eigenvalue weighted by molar-refractivity contribution is 7.89. The molecule has 0 aromatic heterocycles. The molecular weight excluding hydrogens is 578 g/mol. The van der Waals surface area contributed by atoms with Gasteiger partial charge in [0.05, 0.1) is 29.5 Å². The molecule has 15 heteroatoms. The van der Waals surface area contributed by atoms with Gasteiger partial charge >= 0.3 is 12.4 Å². The minimum Gasteiger partial charge on any atom is -0.493 e. The quantitative estimate of drug-likeness (QED) is 0.445. The van der Waals surface area contributed by atoms with E-state index < -0.39 is 57.2 Å². The van der Waals surface area contributed by atoms with E-state index in [0.29, 0.717) is 23.9 Å². The summed E-state index contributed by atoms with van der Waals surface area (Å²) in [6.45, 7) is 4.62. The van der Waals surface area contributed by atoms with Crippen molar-refractivity contribution in [1.82, 2.24) is 19.8 Å². The summed E-state index contributed by atoms with van der Waals surface area (Å²) in [5.74, 6) is -0.579. The summed E-state index contributed by atoms with van der Waals surface area (Å²) in [6, 6.07) is 4.25. The molecule has 1 amide bonds. The maximum Gasteiger partial charge on any atom is 0.416 e. The van der Waals surface area contributed by atoms with Crippen molar-refractivity contribution in [1.29, 1.82) is 0 Å². The number of carbonyl (C=O) groups excluding carboxylic acids is 1. The highest BCUT2D eigenvalue weighted by Crippen LogP contribution is 2.34. The van der Waals surface area contributed by atoms with Gasteiger partial charge in [0.15, 0.2) is 0 Å². The van der Waals surface area contributed by atoms with E-state index in [1.54, 1.807) is 6.07 Å². The van der Waals surface area contributed by atoms with Crippen LogP contribution in [0.3, 0.4) is 0 Å². The fraction of sp³-hybridized carbons (Fsp3) is 0.500. The van der Waals surface area contributed by atoms with Crippen molar-refractivity contribution in [2.24, 2.45) is 0 Å². The number of nitrogens with zero attached hydrogens (tertiary/aromatic N) is 2. The smallest absolute Gasteiger partial charge is 0.416 e. The Kier molecular flexibility index (Phi) is 9.21. The lowest BCUT2D eigenvalue weighted by Gasteiger charge is -2.33. The summed E-state index contributed by atoms with van der Waals surface area (Å²) in [4.78, 5) is 16.2. The van der Waals surface area contributed by atoms with Gasteiger partial charge < -0.3 is 15.0 Å². The Morgan fingerprint density at radius 2 is 1.76 bits per heavy atom. The molecule has 0 aliphatic carbocycles. The number of carbonyl (C=O) groups is 1. The minimum absolute atomic E-state index is 0.209. The normalized spacial score (nSPS) is 19.7. The SMILES string of the molecule is CN1CCN(Cc2ccc3c(c2)OCC[C@H]3NC(=O)C[C@H](NS(=O)(=O)c2cccc(C(F)(F)F)c2)C(F)(F)F)CC1. The van der Waals surface area contributed by atoms with E-state index >= 15 is 0 Å². The van der Waals surface area contributed by atoms with Crippen LogP contribution in [-0.4, -0.2) is 76.2 Å². The number of amides is 1. The van der Waals surface area contributed by atoms with Crippen LogP contribution >= 0.6 is 0 Å². The van der Waals surface area contributed by atoms with Gasteiger partial charge in [0, 0.05) is 44.7 Å². The van der Waals surface area contributed by atoms with E-state index in [1.807, 2.05) is 12.1 Å². The fourth-order valence-corrected chi connectivity index (χ4v) is 5.97. The lowest BCUT2D eigenvalue weighted by Crippen LogP contribution is -2.48. The number of piperazine rings is 1. The van der Waals surface area contributed by atoms with Crippen LogP contribution in [0.2, 0.25) is 0 Å². The van der Waals surface area contributed by atoms with E-state index in [0.717, 1.165) is 43.9 Å². The highest BCUT2D eigenvalue weighted by Gasteiger charge is 2.44. The van der Waals surface area contributed by atoms with Crippen molar-refractivity contribution in [2.45, 2.75) is 48.7 Å². The molecular formula is C26H30F6N4O4S. The molecule has 1 saturated heterocycles. The predicted octanol–water partition coefficient (Wildman–Crippen LogP) is 3.69. The van der Waals surface area contributed by atoms with E-state index in [4.69, 9.17) is 4.74 Å². The summed E-state index contributed by atoms with van der Waals surface area (Å²) in [7, 11) is -2.99. The Balaban J connectivity index is 1.43. The second-order valence-corrected chi connectivity index (χ2v) is 11.9. The number of sulfonamides is 1. The molecule has 41 heavy (non-hydrogen) atoms. The number of alkyl halides is 6. The van der Waals surface area contributed by atoms with Crippen LogP contribution in [-0.2, 0) is 27.5 Å². The molecule has 2 aliphatic rings. The average molecular weight is 609 g/mol. The van der Waals surface area contributed by atoms with Crippen molar-refractivity contribution >= 4 is 15.9 Å². The third kappa shape index (κ3) is 8.11. The first-order valence-electron chi connectivity index (χ1n) is 12.8. The van der Waals surface area contributed by atoms with Crippen molar-refractivity contribution in [3.8, 4) is 5.75 Å². The number of benzene rings is 2. The molecule has 0 radical (unpaired) electrons. The van der Waals surface area contributed by atoms with Crippen molar-refractivity contribution < 1.29 is 44.3 Å². The van der Waals surface area contributed by atoms with E-state index in [-0.39, 0.29) is 19.1 Å². The number of hydrogen-bond donors (Lipinski definition) is 2. The van der Waals surface area contributed by atoms with Gasteiger partial charge in [0.25, 0.3) is 0 Å². The number of rotatable bonds is 8. The number of halogens is 6. The second-order valence-electron chi connectivity index (χ2n) is 10.2. The minimum atomic E-state index is -5.20. The van der Waals surface area contributed by atoms with E-state index in [1.165, 1.54) is 4.72 Å². The Morgan fingerprint density at radius 3 is 2.41 bits per heavy atom. The third-order valence-electron chi connectivity index (χ3n) is 7.01. The molecule has 0 unspecified atom stereocenters. The largest absolute Gasteiger partial charge is 0.493 e. The fourth-order valence-electron chi connectivity index (χ4n) is 4.70. The molecule has 2 heterocycles. The van der Waals surface area contributed by atoms with Crippen LogP contribution in [0.4, 0.5) is 26.3 Å². The maximum atomic E-state index is 13.8. The monoisotopic (exact) mass is 608 g/mol. The Hall–Kier alpha value is -2.88. The van der Waals surface area contributed by atoms with Crippen LogP contribution in [0.25, 0.3) is 0 Å². The van der Waals surface area contributed by atoms with Gasteiger partial charge in [-0.2, -0.15) is 31.1 Å². The van der Waals surface area contributed by atoms with Crippen molar-refractivity contribution in [3.63, 3.8) is 0 Å². The number of hydrogen-bond acceptors (Lipinski definition) is 6. The zero-order valence-electron chi connectivity index (χ0n) is 22.1. The first-order chi connectivity index (χ1) is 19.1. The molecule has 2 atom stereocenters. The van der Waals surface area contributed by atoms with Crippen LogP contribution in [0, 0.1) is 0 Å². The number of nitrogens with one attached hydrogen (secondary N) is 2. The molecule has 2 aromatic rings. The van der Waals surface area contributed by atoms with Gasteiger partial charge in [-0.15, -0.1) is 0 Å². The van der Waals surface area contributed by atoms with Gasteiger partial charge in [0.2, 0.25) is 15.9 Å². The van der Waals surface area contributed by atoms with Gasteiger partial charge in [-0.1, -0.05) is 18.2 Å². The molecule has 2 aromatic carbocycles. The molecule has 2 N–H and O–H groups in total. The molecule has 0 spiro atoms. The second kappa shape index (κ2) is 12.2. The number of ether oxygens (including phenoxy) is 1. The molecule has 2 aliphatic heterocycles. The van der Waals surface area contributed by atoms with E-state index in [2.05, 4.69) is 22.2 Å². The standard InChI is InChI=1S/C26H30F6N4O4S/c1-35-8-10-36(11-9-35)16-17-5-6-20-21(7-12-40-22(20)13-17)33-24(37)15-23(26(30,31)32)34-41(38,39)19-4-2-3-18(14-19)25(27,28)29/h2-6,13-14,21,23,34H,7-12,15-16H2,1H3,(H,33,37)/t21-,23+/m1/s1. The average Bonchev–Trinajstić information content (AvgIpc) is 2.88. The molecule has 1 fully saturated rings. The molecule has 0 bridgehead atoms. The lowest BCUT2D eigenvalue weighted by molar-refractivity contribution is -0.158. The number of fused-ring (bicyclic) bond motifs is 1. The summed E-state index contributed by atoms with van der Waals surface area (Å²) in [6.07, 6.45) is -11.1. The van der Waals surface area contributed by atoms with Gasteiger partial charge in [0.1, 0.15) is 11.8 Å². The topological polar surface area (TPSA) is 91.0 Å². The first-order valence-corrected chi connectivity index (χ1v) is 14.3. The number of likely N-dealkylation sites (N-methyl/N-ethyl adjacent to an activating group) is 1. The van der Waals surface area contributed by atoms with E-state index in [9.17, 15) is 39.6 Å². The Bertz CT molecular complexity index is 1340. The molecule has 226 valence electrons. The molecule has 0 saturated carbocycles. The summed E-state index contributed by atoms with van der Waals surface area (Å²) in [5, 5.41) is 2.52. The van der Waals surface area contributed by atoms with Crippen LogP contribution < -0.4 is 14.8 Å². The van der Waals surface area contributed by atoms with Crippen LogP contribution in [0.1, 0.15) is 35.6 Å². The molecule has 4 rings (SSSR count). The third-order valence-corrected chi connectivity index (χ3v) is 8.48. The zero-order chi connectivity index (χ0) is 30.0. The summed E-state index contributed by atoms with van der Waals surface area (Å²) < 4.78 is 112. The molecule has 8 nitrogen and oxygen atoms in total. The summed E-state index contributed by atoms with van der Waals surface area (Å²) in [5.41, 5.74) is 0.229. The maximum absolute atomic E-state index is 13.8. The highest BCUT2D eigenvalue weighted by atomic mass is 32.2. The van der Waals surface area contributed by atoms with Gasteiger partial charge in [-0.3, -0.25) is 9.69 Å². The van der Waals surface area contributed by atoms with Gasteiger partial charge in [-0.05, 0) is 36.9 Å². The van der Waals surface area contributed by atoms with Crippen LogP contribution in [0.5, 0.6) is 5.75 Å². The van der Waals surface area contributed by atoms with Crippen molar-refractivity contribution in [2.75, 3.05) is 39.8 Å². The van der Waals surface area contributed by atoms with Gasteiger partial charge in [-0.25, -0.2) is 8.42 Å².